The Morgan fingerprint density at radius 2 is 2.04 bits per heavy atom. The lowest BCUT2D eigenvalue weighted by Gasteiger charge is -2.11. The minimum absolute atomic E-state index is 0. The molecule has 0 unspecified atom stereocenters. The summed E-state index contributed by atoms with van der Waals surface area (Å²) in [6.07, 6.45) is 0.963. The number of halogens is 1. The second-order valence-electron chi connectivity index (χ2n) is 5.20. The van der Waals surface area contributed by atoms with E-state index in [4.69, 9.17) is 4.74 Å². The fourth-order valence-corrected chi connectivity index (χ4v) is 2.55. The average Bonchev–Trinajstić information content (AvgIpc) is 2.83. The molecule has 2 aromatic rings. The van der Waals surface area contributed by atoms with Crippen molar-refractivity contribution in [2.45, 2.75) is 20.3 Å². The summed E-state index contributed by atoms with van der Waals surface area (Å²) < 4.78 is 5.03. The molecule has 0 saturated heterocycles. The van der Waals surface area contributed by atoms with Crippen LogP contribution in [0.1, 0.15) is 18.2 Å². The van der Waals surface area contributed by atoms with Crippen LogP contribution in [0.2, 0.25) is 0 Å². The number of methoxy groups -OCH3 is 1. The quantitative estimate of drug-likeness (QED) is 0.274. The highest BCUT2D eigenvalue weighted by molar-refractivity contribution is 14.0. The van der Waals surface area contributed by atoms with Gasteiger partial charge in [-0.2, -0.15) is 0 Å². The number of hydrogen-bond acceptors (Lipinski definition) is 2. The lowest BCUT2D eigenvalue weighted by atomic mass is 10.1. The van der Waals surface area contributed by atoms with Gasteiger partial charge in [-0.15, -0.1) is 24.0 Å². The van der Waals surface area contributed by atoms with E-state index in [0.717, 1.165) is 25.5 Å². The van der Waals surface area contributed by atoms with Gasteiger partial charge in [-0.3, -0.25) is 4.99 Å². The van der Waals surface area contributed by atoms with E-state index in [1.807, 2.05) is 0 Å². The normalized spacial score (nSPS) is 11.3. The Hall–Kier alpha value is -1.28. The van der Waals surface area contributed by atoms with E-state index in [2.05, 4.69) is 58.7 Å². The maximum Gasteiger partial charge on any atom is 0.191 e. The van der Waals surface area contributed by atoms with E-state index in [1.54, 1.807) is 7.11 Å². The first kappa shape index (κ1) is 19.8. The SMILES string of the molecule is CCNC(=NCCOC)NCCc1c(C)[nH]c2ccccc12.I. The number of aryl methyl sites for hydroxylation is 1. The summed E-state index contributed by atoms with van der Waals surface area (Å²) in [6.45, 7) is 7.20. The molecular weight excluding hydrogens is 403 g/mol. The lowest BCUT2D eigenvalue weighted by Crippen LogP contribution is -2.38. The second-order valence-corrected chi connectivity index (χ2v) is 5.20. The smallest absolute Gasteiger partial charge is 0.191 e. The van der Waals surface area contributed by atoms with Gasteiger partial charge in [0.1, 0.15) is 0 Å². The monoisotopic (exact) mass is 430 g/mol. The molecule has 0 aliphatic carbocycles. The summed E-state index contributed by atoms with van der Waals surface area (Å²) in [5, 5.41) is 7.94. The Kier molecular flexibility index (Phi) is 9.01. The first-order valence-corrected chi connectivity index (χ1v) is 7.83. The summed E-state index contributed by atoms with van der Waals surface area (Å²) in [5.74, 6) is 0.844. The third-order valence-electron chi connectivity index (χ3n) is 3.60. The number of nitrogens with zero attached hydrogens (tertiary/aromatic N) is 1. The van der Waals surface area contributed by atoms with Crippen LogP contribution < -0.4 is 10.6 Å². The molecule has 23 heavy (non-hydrogen) atoms. The molecule has 0 aliphatic heterocycles. The van der Waals surface area contributed by atoms with E-state index in [0.29, 0.717) is 13.2 Å². The Morgan fingerprint density at radius 1 is 1.26 bits per heavy atom. The number of H-pyrrole nitrogens is 1. The lowest BCUT2D eigenvalue weighted by molar-refractivity contribution is 0.208. The van der Waals surface area contributed by atoms with Gasteiger partial charge >= 0.3 is 0 Å². The standard InChI is InChI=1S/C17H26N4O.HI/c1-4-18-17(20-11-12-22-3)19-10-9-14-13(2)21-16-8-6-5-7-15(14)16;/h5-8,21H,4,9-12H2,1-3H3,(H2,18,19,20);1H. The Labute approximate surface area is 155 Å². The van der Waals surface area contributed by atoms with Gasteiger partial charge in [0.2, 0.25) is 0 Å². The van der Waals surface area contributed by atoms with Gasteiger partial charge in [0.15, 0.2) is 5.96 Å². The number of hydrogen-bond donors (Lipinski definition) is 3. The zero-order valence-electron chi connectivity index (χ0n) is 14.1. The predicted octanol–water partition coefficient (Wildman–Crippen LogP) is 2.84. The highest BCUT2D eigenvalue weighted by Gasteiger charge is 2.07. The molecule has 0 aliphatic rings. The maximum atomic E-state index is 5.03. The van der Waals surface area contributed by atoms with Crippen LogP contribution in [0.4, 0.5) is 0 Å². The number of aliphatic imine (C=N–C) groups is 1. The zero-order chi connectivity index (χ0) is 15.8. The Balaban J connectivity index is 0.00000264. The first-order valence-electron chi connectivity index (χ1n) is 7.83. The molecule has 0 fully saturated rings. The molecule has 3 N–H and O–H groups in total. The third-order valence-corrected chi connectivity index (χ3v) is 3.60. The van der Waals surface area contributed by atoms with Crippen molar-refractivity contribution < 1.29 is 4.74 Å². The van der Waals surface area contributed by atoms with Gasteiger partial charge in [0.25, 0.3) is 0 Å². The molecular formula is C17H27IN4O. The Morgan fingerprint density at radius 3 is 2.78 bits per heavy atom. The summed E-state index contributed by atoms with van der Waals surface area (Å²) in [4.78, 5) is 7.91. The van der Waals surface area contributed by atoms with Crippen molar-refractivity contribution in [2.24, 2.45) is 4.99 Å². The highest BCUT2D eigenvalue weighted by atomic mass is 127. The van der Waals surface area contributed by atoms with Crippen LogP contribution in [0, 0.1) is 6.92 Å². The molecule has 128 valence electrons. The molecule has 0 saturated carbocycles. The summed E-state index contributed by atoms with van der Waals surface area (Å²) >= 11 is 0. The maximum absolute atomic E-state index is 5.03. The summed E-state index contributed by atoms with van der Waals surface area (Å²) in [6, 6.07) is 8.44. The van der Waals surface area contributed by atoms with Gasteiger partial charge in [0, 0.05) is 36.8 Å². The van der Waals surface area contributed by atoms with Gasteiger partial charge in [-0.25, -0.2) is 0 Å². The molecule has 0 spiro atoms. The van der Waals surface area contributed by atoms with Crippen LogP contribution in [-0.2, 0) is 11.2 Å². The van der Waals surface area contributed by atoms with Crippen LogP contribution >= 0.6 is 24.0 Å². The highest BCUT2D eigenvalue weighted by Crippen LogP contribution is 2.21. The largest absolute Gasteiger partial charge is 0.383 e. The van der Waals surface area contributed by atoms with Crippen molar-refractivity contribution in [3.8, 4) is 0 Å². The molecule has 1 heterocycles. The Bertz CT molecular complexity index is 624. The van der Waals surface area contributed by atoms with Crippen LogP contribution in [0.3, 0.4) is 0 Å². The van der Waals surface area contributed by atoms with E-state index in [-0.39, 0.29) is 24.0 Å². The van der Waals surface area contributed by atoms with E-state index >= 15 is 0 Å². The molecule has 2 rings (SSSR count). The van der Waals surface area contributed by atoms with Crippen molar-refractivity contribution in [2.75, 3.05) is 33.4 Å². The van der Waals surface area contributed by atoms with Crippen molar-refractivity contribution in [3.05, 3.63) is 35.5 Å². The molecule has 0 bridgehead atoms. The topological polar surface area (TPSA) is 61.4 Å². The van der Waals surface area contributed by atoms with Crippen molar-refractivity contribution in [1.82, 2.24) is 15.6 Å². The van der Waals surface area contributed by atoms with E-state index in [1.165, 1.54) is 22.2 Å². The molecule has 1 aromatic carbocycles. The number of ether oxygens (including phenoxy) is 1. The van der Waals surface area contributed by atoms with Crippen molar-refractivity contribution >= 4 is 40.8 Å². The fraction of sp³-hybridized carbons (Fsp3) is 0.471. The minimum Gasteiger partial charge on any atom is -0.383 e. The molecule has 6 heteroatoms. The molecule has 5 nitrogen and oxygen atoms in total. The summed E-state index contributed by atoms with van der Waals surface area (Å²) in [5.41, 5.74) is 3.82. The van der Waals surface area contributed by atoms with Crippen molar-refractivity contribution in [1.29, 1.82) is 0 Å². The summed E-state index contributed by atoms with van der Waals surface area (Å²) in [7, 11) is 1.69. The van der Waals surface area contributed by atoms with Crippen LogP contribution in [0.5, 0.6) is 0 Å². The fourth-order valence-electron chi connectivity index (χ4n) is 2.55. The molecule has 0 atom stereocenters. The van der Waals surface area contributed by atoms with Crippen molar-refractivity contribution in [3.63, 3.8) is 0 Å². The molecule has 0 radical (unpaired) electrons. The molecule has 0 amide bonds. The number of rotatable bonds is 7. The van der Waals surface area contributed by atoms with E-state index < -0.39 is 0 Å². The molecule has 1 aromatic heterocycles. The van der Waals surface area contributed by atoms with Crippen LogP contribution in [0.15, 0.2) is 29.3 Å². The van der Waals surface area contributed by atoms with Crippen LogP contribution in [0.25, 0.3) is 10.9 Å². The van der Waals surface area contributed by atoms with Gasteiger partial charge in [-0.05, 0) is 31.9 Å². The van der Waals surface area contributed by atoms with Gasteiger partial charge in [-0.1, -0.05) is 18.2 Å². The van der Waals surface area contributed by atoms with E-state index in [9.17, 15) is 0 Å². The third kappa shape index (κ3) is 5.69. The number of guanidine groups is 1. The predicted molar refractivity (Wildman–Crippen MR) is 108 cm³/mol. The number of aromatic amines is 1. The van der Waals surface area contributed by atoms with Gasteiger partial charge < -0.3 is 20.4 Å². The number of fused-ring (bicyclic) bond motifs is 1. The number of para-hydroxylation sites is 1. The number of nitrogens with one attached hydrogen (secondary N) is 3. The number of benzene rings is 1. The van der Waals surface area contributed by atoms with Gasteiger partial charge in [0.05, 0.1) is 13.2 Å². The number of aromatic nitrogens is 1. The first-order chi connectivity index (χ1) is 10.8. The zero-order valence-corrected chi connectivity index (χ0v) is 16.4. The second kappa shape index (κ2) is 10.5. The minimum atomic E-state index is 0. The van der Waals surface area contributed by atoms with Crippen LogP contribution in [-0.4, -0.2) is 44.3 Å². The average molecular weight is 430 g/mol.